The third-order valence-electron chi connectivity index (χ3n) is 23.7. The van der Waals surface area contributed by atoms with Crippen LogP contribution in [0.4, 0.5) is 11.8 Å². The first-order valence-electron chi connectivity index (χ1n) is 49.3. The second-order valence-electron chi connectivity index (χ2n) is 33.5. The summed E-state index contributed by atoms with van der Waals surface area (Å²) in [6.07, 6.45) is 2.54. The van der Waals surface area contributed by atoms with Gasteiger partial charge in [-0.15, -0.1) is 0 Å². The number of nitrogens with one attached hydrogen (secondary N) is 2. The van der Waals surface area contributed by atoms with Gasteiger partial charge in [-0.1, -0.05) is 457 Å². The summed E-state index contributed by atoms with van der Waals surface area (Å²) in [4.78, 5) is 56.1. The van der Waals surface area contributed by atoms with Crippen LogP contribution in [0.5, 0.6) is 0 Å². The van der Waals surface area contributed by atoms with Gasteiger partial charge in [-0.3, -0.25) is 14.4 Å². The van der Waals surface area contributed by atoms with Crippen molar-refractivity contribution in [2.45, 2.75) is 94.8 Å². The Bertz CT molecular complexity index is 5890. The molecule has 0 aliphatic carbocycles. The Kier molecular flexibility index (Phi) is 48.8. The Morgan fingerprint density at radius 3 is 0.890 bits per heavy atom. The second-order valence-corrected chi connectivity index (χ2v) is 42.3. The molecule has 0 fully saturated rings. The minimum Gasteiger partial charge on any atom is -0.423 e. The van der Waals surface area contributed by atoms with E-state index in [1.807, 2.05) is 117 Å². The van der Waals surface area contributed by atoms with E-state index in [0.717, 1.165) is 47.4 Å². The minimum absolute atomic E-state index is 0. The van der Waals surface area contributed by atoms with Crippen LogP contribution in [0.1, 0.15) is 119 Å². The largest absolute Gasteiger partial charge is 0.489 e. The number of rotatable bonds is 31. The quantitative estimate of drug-likeness (QED) is 0.0205. The van der Waals surface area contributed by atoms with E-state index in [4.69, 9.17) is 20.0 Å². The second kappa shape index (κ2) is 62.3. The van der Waals surface area contributed by atoms with E-state index in [1.54, 1.807) is 35.5 Å². The Labute approximate surface area is 884 Å². The fourth-order valence-corrected chi connectivity index (χ4v) is 25.3. The van der Waals surface area contributed by atoms with E-state index in [2.05, 4.69) is 418 Å². The van der Waals surface area contributed by atoms with Crippen LogP contribution >= 0.6 is 31.7 Å². The van der Waals surface area contributed by atoms with Crippen LogP contribution in [0, 0.1) is 0 Å². The van der Waals surface area contributed by atoms with E-state index in [0.29, 0.717) is 61.1 Å². The third-order valence-corrected chi connectivity index (χ3v) is 33.5. The molecule has 0 aliphatic rings. The van der Waals surface area contributed by atoms with Crippen LogP contribution in [0.2, 0.25) is 0 Å². The van der Waals surface area contributed by atoms with Gasteiger partial charge in [0.15, 0.2) is 17.0 Å². The van der Waals surface area contributed by atoms with E-state index >= 15 is 0 Å². The normalized spacial score (nSPS) is 10.7. The molecule has 0 radical (unpaired) electrons. The van der Waals surface area contributed by atoms with Gasteiger partial charge in [-0.2, -0.15) is 9.97 Å². The average Bonchev–Trinajstić information content (AvgIpc) is 1.63. The number of aliphatic hydroxyl groups excluding tert-OH is 1. The van der Waals surface area contributed by atoms with Crippen molar-refractivity contribution in [1.82, 2.24) is 34.2 Å². The van der Waals surface area contributed by atoms with Crippen molar-refractivity contribution in [3.8, 4) is 11.1 Å². The number of benzene rings is 16. The van der Waals surface area contributed by atoms with Gasteiger partial charge in [0.25, 0.3) is 17.7 Å². The number of aliphatic hydroxyl groups is 1. The standard InChI is InChI=1S/C30H39N7O2.4C18H15P.C11H16BNO3.C11H15NO.CH4.Pd/c1-6-23(18-38)33-30-34-27(26-28(35-30)37(19-32-26)20(4)5)31-17-21-13-15-22(16-14-21)24-11-9-10-12-25(24)29(39)36(7-2)8-3;4*1-4-10-16(11-5-1)19(17-12-6-2-7-13-17)18-14-8-3-9-15-18;1-3-13(4-2)11(14)9-7-5-6-8-10(9)12(15)16;1-3-12(4-2)11(13)10-8-6-5-7-9-10;;/h9-16,19-20,23,38H,6-8,17-18H2,1-5H3,(H2,31,33,34,35);4*1-15H;5-8,15-16H,3-4H2,1-2H3;5-9H,3-4H2,1-2H3;1H4;/t23-;;;;;;;;/m1......../s1. The zero-order valence-corrected chi connectivity index (χ0v) is 89.1. The molecule has 18 aromatic rings. The molecule has 2 heterocycles. The molecule has 748 valence electrons. The summed E-state index contributed by atoms with van der Waals surface area (Å²) in [5, 5.41) is 51.4. The van der Waals surface area contributed by atoms with E-state index in [-0.39, 0.29) is 69.7 Å². The molecule has 0 aliphatic heterocycles. The van der Waals surface area contributed by atoms with Gasteiger partial charge >= 0.3 is 7.12 Å². The molecule has 3 amide bonds. The van der Waals surface area contributed by atoms with Crippen molar-refractivity contribution in [1.29, 1.82) is 0 Å². The summed E-state index contributed by atoms with van der Waals surface area (Å²) in [6, 6.07) is 161. The number of amides is 3. The molecule has 15 nitrogen and oxygen atoms in total. The van der Waals surface area contributed by atoms with Crippen molar-refractivity contribution >= 4 is 149 Å². The van der Waals surface area contributed by atoms with Gasteiger partial charge in [0.2, 0.25) is 5.95 Å². The van der Waals surface area contributed by atoms with Crippen molar-refractivity contribution in [3.63, 3.8) is 0 Å². The molecular weight excluding hydrogens is 1960 g/mol. The zero-order chi connectivity index (χ0) is 101. The molecule has 21 heteroatoms. The average molecular weight is 2100 g/mol. The molecule has 0 unspecified atom stereocenters. The molecule has 1 atom stereocenters. The molecule has 18 rings (SSSR count). The van der Waals surface area contributed by atoms with Crippen LogP contribution < -0.4 is 79.8 Å². The fraction of sp³-hybridized carbons (Fsp3) is 0.168. The Morgan fingerprint density at radius 2 is 0.610 bits per heavy atom. The van der Waals surface area contributed by atoms with Crippen molar-refractivity contribution in [2.24, 2.45) is 0 Å². The predicted molar refractivity (Wildman–Crippen MR) is 621 cm³/mol. The first-order valence-corrected chi connectivity index (χ1v) is 54.7. The molecule has 0 bridgehead atoms. The SMILES string of the molecule is C.CCN(CC)C(=O)c1ccccc1.CCN(CC)C(=O)c1ccccc1B(O)O.CC[C@H](CO)Nc1nc(NCc2ccc(-c3ccccc3C(=O)N(CC)CC)cc2)c2ncn(C(C)C)c2n1.[Pd].c1ccc(P(c2ccccc2)c2ccccc2)cc1.c1ccc(P(c2ccccc2)c2ccccc2)cc1.c1ccc(P(c2ccccc2)c2ccccc2)cc1.c1ccc(P(c2ccccc2)c2ccccc2)cc1. The van der Waals surface area contributed by atoms with Gasteiger partial charge in [0.1, 0.15) is 0 Å². The van der Waals surface area contributed by atoms with Crippen molar-refractivity contribution in [3.05, 3.63) is 496 Å². The van der Waals surface area contributed by atoms with Crippen molar-refractivity contribution in [2.75, 3.05) is 56.5 Å². The van der Waals surface area contributed by atoms with Crippen molar-refractivity contribution < 1.29 is 50.0 Å². The van der Waals surface area contributed by atoms with Gasteiger partial charge in [-0.05, 0) is 204 Å². The number of aromatic nitrogens is 4. The maximum absolute atomic E-state index is 13.1. The number of nitrogens with zero attached hydrogens (tertiary/aromatic N) is 7. The van der Waals surface area contributed by atoms with E-state index in [9.17, 15) is 19.5 Å². The summed E-state index contributed by atoms with van der Waals surface area (Å²) in [6.45, 7) is 22.6. The Morgan fingerprint density at radius 1 is 0.342 bits per heavy atom. The third kappa shape index (κ3) is 33.2. The van der Waals surface area contributed by atoms with Gasteiger partial charge in [0.05, 0.1) is 19.0 Å². The molecule has 0 saturated carbocycles. The monoisotopic (exact) mass is 2100 g/mol. The fourth-order valence-electron chi connectivity index (χ4n) is 16.1. The summed E-state index contributed by atoms with van der Waals surface area (Å²) >= 11 is 0. The molecule has 146 heavy (non-hydrogen) atoms. The van der Waals surface area contributed by atoms with Crippen LogP contribution in [-0.4, -0.2) is 126 Å². The van der Waals surface area contributed by atoms with Crippen LogP contribution in [-0.2, 0) is 27.0 Å². The van der Waals surface area contributed by atoms with Gasteiger partial charge in [0, 0.05) is 89.0 Å². The summed E-state index contributed by atoms with van der Waals surface area (Å²) < 4.78 is 2.01. The summed E-state index contributed by atoms with van der Waals surface area (Å²) in [5.41, 5.74) is 6.51. The summed E-state index contributed by atoms with van der Waals surface area (Å²) in [5.74, 6) is 1.08. The van der Waals surface area contributed by atoms with Crippen LogP contribution in [0.15, 0.2) is 473 Å². The topological polar surface area (TPSA) is 189 Å². The maximum Gasteiger partial charge on any atom is 0.489 e. The maximum atomic E-state index is 13.1. The number of carbonyl (C=O) groups excluding carboxylic acids is 3. The first-order chi connectivity index (χ1) is 70.6. The number of hydrogen-bond acceptors (Lipinski definition) is 11. The number of anilines is 2. The molecule has 2 aromatic heterocycles. The number of hydrogen-bond donors (Lipinski definition) is 5. The predicted octanol–water partition coefficient (Wildman–Crippen LogP) is 21.8. The van der Waals surface area contributed by atoms with E-state index in [1.165, 1.54) is 63.7 Å². The Hall–Kier alpha value is -13.6. The Balaban J connectivity index is 0.000000180. The van der Waals surface area contributed by atoms with E-state index < -0.39 is 38.8 Å². The summed E-state index contributed by atoms with van der Waals surface area (Å²) in [7, 11) is -3.40. The van der Waals surface area contributed by atoms with Crippen LogP contribution in [0.25, 0.3) is 22.3 Å². The molecule has 16 aromatic carbocycles. The van der Waals surface area contributed by atoms with Gasteiger partial charge < -0.3 is 45.1 Å². The molecular formula is C125H134BN9O6P4Pd. The smallest absolute Gasteiger partial charge is 0.423 e. The molecule has 5 N–H and O–H groups in total. The zero-order valence-electron chi connectivity index (χ0n) is 83.9. The molecule has 0 saturated heterocycles. The first kappa shape index (κ1) is 114. The van der Waals surface area contributed by atoms with Crippen LogP contribution in [0.3, 0.4) is 0 Å². The number of fused-ring (bicyclic) bond motifs is 1. The molecule has 0 spiro atoms. The minimum atomic E-state index is -1.62. The van der Waals surface area contributed by atoms with Gasteiger partial charge in [-0.25, -0.2) is 4.98 Å². The number of carbonyl (C=O) groups is 3. The number of imidazole rings is 1.